The zero-order valence-electron chi connectivity index (χ0n) is 18.5. The highest BCUT2D eigenvalue weighted by molar-refractivity contribution is 6.21. The molecule has 2 aliphatic rings. The second-order valence-corrected chi connectivity index (χ2v) is 8.53. The van der Waals surface area contributed by atoms with Crippen LogP contribution in [-0.4, -0.2) is 59.9 Å². The second kappa shape index (κ2) is 10.1. The van der Waals surface area contributed by atoms with Crippen molar-refractivity contribution in [1.29, 1.82) is 0 Å². The van der Waals surface area contributed by atoms with Gasteiger partial charge in [0.05, 0.1) is 17.7 Å². The SMILES string of the molecule is CCOC(=O)C(CCN1C(=O)c2ccccc2C1=O)N1CCC(Cc2ccccc2)CC1. The van der Waals surface area contributed by atoms with Crippen molar-refractivity contribution < 1.29 is 19.1 Å². The Kier molecular flexibility index (Phi) is 7.00. The number of amides is 2. The maximum atomic E-state index is 12.7. The Morgan fingerprint density at radius 1 is 0.969 bits per heavy atom. The molecule has 0 radical (unpaired) electrons. The lowest BCUT2D eigenvalue weighted by molar-refractivity contribution is -0.150. The van der Waals surface area contributed by atoms with Crippen molar-refractivity contribution >= 4 is 17.8 Å². The lowest BCUT2D eigenvalue weighted by atomic mass is 9.89. The van der Waals surface area contributed by atoms with Gasteiger partial charge in [-0.25, -0.2) is 0 Å². The van der Waals surface area contributed by atoms with Crippen LogP contribution in [0.1, 0.15) is 52.5 Å². The van der Waals surface area contributed by atoms with Crippen LogP contribution in [0.3, 0.4) is 0 Å². The number of fused-ring (bicyclic) bond motifs is 1. The fraction of sp³-hybridized carbons (Fsp3) is 0.423. The number of esters is 1. The van der Waals surface area contributed by atoms with E-state index in [1.807, 2.05) is 6.07 Å². The zero-order chi connectivity index (χ0) is 22.5. The minimum Gasteiger partial charge on any atom is -0.465 e. The summed E-state index contributed by atoms with van der Waals surface area (Å²) >= 11 is 0. The van der Waals surface area contributed by atoms with Crippen molar-refractivity contribution in [3.05, 3.63) is 71.3 Å². The van der Waals surface area contributed by atoms with E-state index in [0.717, 1.165) is 32.4 Å². The molecule has 0 aliphatic carbocycles. The molecule has 1 fully saturated rings. The number of piperidine rings is 1. The van der Waals surface area contributed by atoms with E-state index in [2.05, 4.69) is 29.2 Å². The van der Waals surface area contributed by atoms with Crippen LogP contribution in [0.5, 0.6) is 0 Å². The van der Waals surface area contributed by atoms with E-state index in [9.17, 15) is 14.4 Å². The summed E-state index contributed by atoms with van der Waals surface area (Å²) in [5.41, 5.74) is 2.22. The molecule has 2 amide bonds. The Labute approximate surface area is 189 Å². The maximum absolute atomic E-state index is 12.7. The third kappa shape index (κ3) is 4.75. The van der Waals surface area contributed by atoms with Gasteiger partial charge < -0.3 is 4.74 Å². The summed E-state index contributed by atoms with van der Waals surface area (Å²) in [7, 11) is 0. The first-order valence-corrected chi connectivity index (χ1v) is 11.5. The molecule has 0 N–H and O–H groups in total. The molecule has 0 aromatic heterocycles. The molecule has 2 heterocycles. The third-order valence-corrected chi connectivity index (χ3v) is 6.52. The molecule has 32 heavy (non-hydrogen) atoms. The van der Waals surface area contributed by atoms with E-state index in [1.54, 1.807) is 31.2 Å². The van der Waals surface area contributed by atoms with Gasteiger partial charge in [0, 0.05) is 6.54 Å². The van der Waals surface area contributed by atoms with Gasteiger partial charge in [0.15, 0.2) is 0 Å². The van der Waals surface area contributed by atoms with Gasteiger partial charge in [-0.05, 0) is 69.3 Å². The number of nitrogens with zero attached hydrogens (tertiary/aromatic N) is 2. The van der Waals surface area contributed by atoms with E-state index in [-0.39, 0.29) is 24.3 Å². The average Bonchev–Trinajstić information content (AvgIpc) is 3.06. The molecule has 1 saturated heterocycles. The largest absolute Gasteiger partial charge is 0.465 e. The summed E-state index contributed by atoms with van der Waals surface area (Å²) in [6, 6.07) is 16.9. The normalized spacial score (nSPS) is 18.0. The van der Waals surface area contributed by atoms with Gasteiger partial charge in [0.1, 0.15) is 6.04 Å². The molecule has 4 rings (SSSR count). The quantitative estimate of drug-likeness (QED) is 0.470. The Balaban J connectivity index is 1.38. The molecule has 2 aromatic carbocycles. The Morgan fingerprint density at radius 2 is 1.56 bits per heavy atom. The summed E-state index contributed by atoms with van der Waals surface area (Å²) in [5.74, 6) is -0.247. The number of rotatable bonds is 8. The number of carbonyl (C=O) groups excluding carboxylic acids is 3. The molecular formula is C26H30N2O4. The monoisotopic (exact) mass is 434 g/mol. The van der Waals surface area contributed by atoms with Gasteiger partial charge in [-0.15, -0.1) is 0 Å². The first kappa shape index (κ1) is 22.2. The highest BCUT2D eigenvalue weighted by Gasteiger charge is 2.37. The summed E-state index contributed by atoms with van der Waals surface area (Å²) in [5, 5.41) is 0. The predicted octanol–water partition coefficient (Wildman–Crippen LogP) is 3.56. The third-order valence-electron chi connectivity index (χ3n) is 6.52. The molecular weight excluding hydrogens is 404 g/mol. The van der Waals surface area contributed by atoms with Crippen molar-refractivity contribution in [2.24, 2.45) is 5.92 Å². The molecule has 6 heteroatoms. The van der Waals surface area contributed by atoms with Crippen molar-refractivity contribution in [3.63, 3.8) is 0 Å². The van der Waals surface area contributed by atoms with Gasteiger partial charge in [-0.2, -0.15) is 0 Å². The number of ether oxygens (including phenoxy) is 1. The Hall–Kier alpha value is -2.99. The smallest absolute Gasteiger partial charge is 0.323 e. The molecule has 2 aromatic rings. The Morgan fingerprint density at radius 3 is 2.16 bits per heavy atom. The Bertz CT molecular complexity index is 932. The van der Waals surface area contributed by atoms with Gasteiger partial charge in [0.25, 0.3) is 11.8 Å². The van der Waals surface area contributed by atoms with Crippen molar-refractivity contribution in [3.8, 4) is 0 Å². The second-order valence-electron chi connectivity index (χ2n) is 8.53. The van der Waals surface area contributed by atoms with Crippen LogP contribution >= 0.6 is 0 Å². The minimum atomic E-state index is -0.447. The molecule has 0 spiro atoms. The minimum absolute atomic E-state index is 0.208. The molecule has 0 saturated carbocycles. The van der Waals surface area contributed by atoms with E-state index < -0.39 is 6.04 Å². The topological polar surface area (TPSA) is 66.9 Å². The fourth-order valence-corrected chi connectivity index (χ4v) is 4.80. The van der Waals surface area contributed by atoms with Crippen molar-refractivity contribution in [2.75, 3.05) is 26.2 Å². The number of imide groups is 1. The van der Waals surface area contributed by atoms with Crippen LogP contribution in [0, 0.1) is 5.92 Å². The lowest BCUT2D eigenvalue weighted by Gasteiger charge is -2.36. The molecule has 6 nitrogen and oxygen atoms in total. The summed E-state index contributed by atoms with van der Waals surface area (Å²) in [4.78, 5) is 41.5. The van der Waals surface area contributed by atoms with Crippen molar-refractivity contribution in [1.82, 2.24) is 9.80 Å². The number of likely N-dealkylation sites (tertiary alicyclic amines) is 1. The molecule has 2 aliphatic heterocycles. The van der Waals surface area contributed by atoms with Gasteiger partial charge in [0.2, 0.25) is 0 Å². The molecule has 168 valence electrons. The molecule has 1 unspecified atom stereocenters. The van der Waals surface area contributed by atoms with Gasteiger partial charge in [-0.3, -0.25) is 24.2 Å². The summed E-state index contributed by atoms with van der Waals surface area (Å²) in [6.07, 6.45) is 3.46. The lowest BCUT2D eigenvalue weighted by Crippen LogP contribution is -2.48. The number of hydrogen-bond donors (Lipinski definition) is 0. The summed E-state index contributed by atoms with van der Waals surface area (Å²) < 4.78 is 5.34. The van der Waals surface area contributed by atoms with E-state index in [4.69, 9.17) is 4.74 Å². The van der Waals surface area contributed by atoms with Crippen LogP contribution in [-0.2, 0) is 16.0 Å². The van der Waals surface area contributed by atoms with Crippen LogP contribution < -0.4 is 0 Å². The maximum Gasteiger partial charge on any atom is 0.323 e. The van der Waals surface area contributed by atoms with Crippen LogP contribution in [0.4, 0.5) is 0 Å². The van der Waals surface area contributed by atoms with E-state index in [1.165, 1.54) is 10.5 Å². The number of benzene rings is 2. The highest BCUT2D eigenvalue weighted by Crippen LogP contribution is 2.26. The van der Waals surface area contributed by atoms with Gasteiger partial charge in [-0.1, -0.05) is 42.5 Å². The average molecular weight is 435 g/mol. The number of carbonyl (C=O) groups is 3. The molecule has 1 atom stereocenters. The van der Waals surface area contributed by atoms with Gasteiger partial charge >= 0.3 is 5.97 Å². The zero-order valence-corrected chi connectivity index (χ0v) is 18.5. The van der Waals surface area contributed by atoms with Crippen LogP contribution in [0.2, 0.25) is 0 Å². The van der Waals surface area contributed by atoms with E-state index in [0.29, 0.717) is 30.1 Å². The first-order valence-electron chi connectivity index (χ1n) is 11.5. The van der Waals surface area contributed by atoms with Crippen molar-refractivity contribution in [2.45, 2.75) is 38.6 Å². The number of hydrogen-bond acceptors (Lipinski definition) is 5. The summed E-state index contributed by atoms with van der Waals surface area (Å²) in [6.45, 7) is 3.93. The molecule has 0 bridgehead atoms. The van der Waals surface area contributed by atoms with Crippen LogP contribution in [0.25, 0.3) is 0 Å². The highest BCUT2D eigenvalue weighted by atomic mass is 16.5. The first-order chi connectivity index (χ1) is 15.6. The fourth-order valence-electron chi connectivity index (χ4n) is 4.80. The standard InChI is InChI=1S/C26H30N2O4/c1-2-32-26(31)23(14-17-28-24(29)21-10-6-7-11-22(21)25(28)30)27-15-12-20(13-16-27)18-19-8-4-3-5-9-19/h3-11,20,23H,2,12-18H2,1H3. The van der Waals surface area contributed by atoms with Crippen LogP contribution in [0.15, 0.2) is 54.6 Å². The predicted molar refractivity (Wildman–Crippen MR) is 121 cm³/mol. The van der Waals surface area contributed by atoms with E-state index >= 15 is 0 Å².